The van der Waals surface area contributed by atoms with Gasteiger partial charge >= 0.3 is 58.4 Å². The Hall–Kier alpha value is 1.45. The molecule has 0 amide bonds. The second-order valence-corrected chi connectivity index (χ2v) is 3.91. The molecule has 1 nitrogen and oxygen atoms in total. The molecule has 0 N–H and O–H groups in total. The van der Waals surface area contributed by atoms with Crippen molar-refractivity contribution in [2.75, 3.05) is 13.2 Å². The van der Waals surface area contributed by atoms with Crippen LogP contribution in [0.4, 0.5) is 12.9 Å². The summed E-state index contributed by atoms with van der Waals surface area (Å²) in [6.07, 6.45) is 1.58. The predicted molar refractivity (Wildman–Crippen MR) is 39.9 cm³/mol. The number of halogens is 3. The van der Waals surface area contributed by atoms with Crippen molar-refractivity contribution in [1.29, 1.82) is 0 Å². The van der Waals surface area contributed by atoms with Gasteiger partial charge in [0, 0.05) is 13.2 Å². The van der Waals surface area contributed by atoms with E-state index < -0.39 is 18.2 Å². The fraction of sp³-hybridized carbons (Fsp3) is 1.00. The third kappa shape index (κ3) is 2.52. The van der Waals surface area contributed by atoms with E-state index >= 15 is 0 Å². The van der Waals surface area contributed by atoms with Gasteiger partial charge in [0.2, 0.25) is 0 Å². The summed E-state index contributed by atoms with van der Waals surface area (Å²) < 4.78 is 41.9. The molecule has 2 rings (SSSR count). The second-order valence-electron chi connectivity index (χ2n) is 3.91. The van der Waals surface area contributed by atoms with Crippen LogP contribution in [-0.4, -0.2) is 20.2 Å². The van der Waals surface area contributed by atoms with Crippen molar-refractivity contribution < 1.29 is 69.1 Å². The molecule has 1 aliphatic heterocycles. The molecule has 1 atom stereocenters. The van der Waals surface area contributed by atoms with Gasteiger partial charge in [-0.25, -0.2) is 0 Å². The quantitative estimate of drug-likeness (QED) is 0.534. The summed E-state index contributed by atoms with van der Waals surface area (Å²) >= 11 is 0. The second kappa shape index (κ2) is 4.14. The molecule has 0 bridgehead atoms. The molecule has 2 fully saturated rings. The van der Waals surface area contributed by atoms with Crippen molar-refractivity contribution >= 4 is 6.98 Å². The Bertz CT molecular complexity index is 191. The number of rotatable bonds is 1. The number of hydrogen-bond acceptors (Lipinski definition) is 1. The molecule has 70 valence electrons. The maximum Gasteiger partial charge on any atom is 1.00 e. The van der Waals surface area contributed by atoms with E-state index in [2.05, 4.69) is 0 Å². The first-order chi connectivity index (χ1) is 5.55. The van der Waals surface area contributed by atoms with E-state index in [-0.39, 0.29) is 51.4 Å². The van der Waals surface area contributed by atoms with Crippen LogP contribution in [0.15, 0.2) is 0 Å². The van der Waals surface area contributed by atoms with E-state index in [1.54, 1.807) is 0 Å². The minimum Gasteiger partial charge on any atom is -0.449 e. The Morgan fingerprint density at radius 3 is 2.08 bits per heavy atom. The molecule has 13 heavy (non-hydrogen) atoms. The smallest absolute Gasteiger partial charge is 0.449 e. The number of hydrogen-bond donors (Lipinski definition) is 0. The minimum atomic E-state index is -4.59. The normalized spacial score (nSPS) is 31.2. The van der Waals surface area contributed by atoms with Crippen LogP contribution in [0.25, 0.3) is 0 Å². The summed E-state index contributed by atoms with van der Waals surface area (Å²) in [5.74, 6) is -0.971. The summed E-state index contributed by atoms with van der Waals surface area (Å²) in [5.41, 5.74) is -0.392. The van der Waals surface area contributed by atoms with Gasteiger partial charge in [-0.15, -0.1) is 0 Å². The Labute approximate surface area is 118 Å². The Morgan fingerprint density at radius 2 is 1.69 bits per heavy atom. The third-order valence-electron chi connectivity index (χ3n) is 3.20. The van der Waals surface area contributed by atoms with E-state index in [1.165, 1.54) is 0 Å². The van der Waals surface area contributed by atoms with E-state index in [9.17, 15) is 12.9 Å². The van der Waals surface area contributed by atoms with Crippen LogP contribution < -0.4 is 51.4 Å². The summed E-state index contributed by atoms with van der Waals surface area (Å²) in [5, 5.41) is 0. The van der Waals surface area contributed by atoms with Gasteiger partial charge in [0.15, 0.2) is 0 Å². The molecule has 1 spiro atoms. The van der Waals surface area contributed by atoms with Gasteiger partial charge in [-0.05, 0) is 18.3 Å². The van der Waals surface area contributed by atoms with Crippen molar-refractivity contribution in [2.45, 2.75) is 25.1 Å². The minimum absolute atomic E-state index is 0. The molecule has 6 heteroatoms. The van der Waals surface area contributed by atoms with Crippen molar-refractivity contribution in [3.63, 3.8) is 0 Å². The number of ether oxygens (including phenoxy) is 1. The van der Waals surface area contributed by atoms with Gasteiger partial charge in [-0.3, -0.25) is 0 Å². The molecule has 1 aliphatic carbocycles. The summed E-state index contributed by atoms with van der Waals surface area (Å²) in [6.45, 7) is -3.56. The SMILES string of the molecule is F[B-](F)(F)C1CC12CCOCC2.[K+]. The van der Waals surface area contributed by atoms with E-state index in [0.717, 1.165) is 0 Å². The molecule has 0 aromatic heterocycles. The van der Waals surface area contributed by atoms with Gasteiger partial charge < -0.3 is 17.7 Å². The largest absolute Gasteiger partial charge is 1.00 e. The fourth-order valence-electron chi connectivity index (χ4n) is 2.27. The monoisotopic (exact) mass is 218 g/mol. The van der Waals surface area contributed by atoms with E-state index in [4.69, 9.17) is 4.74 Å². The van der Waals surface area contributed by atoms with Crippen LogP contribution in [0.1, 0.15) is 19.3 Å². The standard InChI is InChI=1S/C7H11BF3O.K/c9-8(10,11)6-5-7(6)1-3-12-4-2-7;/h6H,1-5H2;/q-1;+1. The zero-order valence-corrected chi connectivity index (χ0v) is 10.9. The molecule has 0 radical (unpaired) electrons. The van der Waals surface area contributed by atoms with Crippen molar-refractivity contribution in [2.24, 2.45) is 5.41 Å². The van der Waals surface area contributed by atoms with Crippen molar-refractivity contribution in [1.82, 2.24) is 0 Å². The van der Waals surface area contributed by atoms with Gasteiger partial charge in [0.1, 0.15) is 0 Å². The van der Waals surface area contributed by atoms with Gasteiger partial charge in [-0.1, -0.05) is 12.2 Å². The van der Waals surface area contributed by atoms with Crippen LogP contribution >= 0.6 is 0 Å². The average molecular weight is 218 g/mol. The summed E-state index contributed by atoms with van der Waals surface area (Å²) in [6, 6.07) is 0. The molecule has 1 heterocycles. The maximum absolute atomic E-state index is 12.3. The zero-order chi connectivity index (χ0) is 8.82. The fourth-order valence-corrected chi connectivity index (χ4v) is 2.27. The van der Waals surface area contributed by atoms with Crippen LogP contribution in [0.5, 0.6) is 0 Å². The molecular weight excluding hydrogens is 207 g/mol. The molecule has 1 saturated carbocycles. The molecule has 2 aliphatic rings. The van der Waals surface area contributed by atoms with Crippen LogP contribution in [0.3, 0.4) is 0 Å². The first-order valence-electron chi connectivity index (χ1n) is 4.32. The first kappa shape index (κ1) is 12.5. The van der Waals surface area contributed by atoms with Crippen LogP contribution in [0, 0.1) is 5.41 Å². The zero-order valence-electron chi connectivity index (χ0n) is 7.73. The van der Waals surface area contributed by atoms with Gasteiger partial charge in [0.05, 0.1) is 0 Å². The predicted octanol–water partition coefficient (Wildman–Crippen LogP) is -0.592. The topological polar surface area (TPSA) is 9.23 Å². The first-order valence-corrected chi connectivity index (χ1v) is 4.32. The van der Waals surface area contributed by atoms with Gasteiger partial charge in [0.25, 0.3) is 0 Å². The van der Waals surface area contributed by atoms with Crippen molar-refractivity contribution in [3.05, 3.63) is 0 Å². The average Bonchev–Trinajstić information content (AvgIpc) is 2.65. The summed E-state index contributed by atoms with van der Waals surface area (Å²) in [7, 11) is 0. The molecule has 0 aromatic carbocycles. The van der Waals surface area contributed by atoms with Crippen molar-refractivity contribution in [3.8, 4) is 0 Å². The molecular formula is C7H11BF3KO. The third-order valence-corrected chi connectivity index (χ3v) is 3.20. The molecule has 1 unspecified atom stereocenters. The van der Waals surface area contributed by atoms with Gasteiger partial charge in [-0.2, -0.15) is 0 Å². The molecule has 0 aromatic rings. The summed E-state index contributed by atoms with van der Waals surface area (Å²) in [4.78, 5) is 0. The Morgan fingerprint density at radius 1 is 1.15 bits per heavy atom. The Kier molecular flexibility index (Phi) is 3.98. The van der Waals surface area contributed by atoms with E-state index in [0.29, 0.717) is 32.5 Å². The molecule has 1 saturated heterocycles. The van der Waals surface area contributed by atoms with E-state index in [1.807, 2.05) is 0 Å². The maximum atomic E-state index is 12.3. The Balaban J connectivity index is 0.000000845. The van der Waals surface area contributed by atoms with Crippen LogP contribution in [0.2, 0.25) is 5.82 Å². The van der Waals surface area contributed by atoms with Crippen LogP contribution in [-0.2, 0) is 4.74 Å².